The maximum Gasteiger partial charge on any atom is 0.368 e. The van der Waals surface area contributed by atoms with Crippen LogP contribution in [0.2, 0.25) is 5.02 Å². The summed E-state index contributed by atoms with van der Waals surface area (Å²) in [6.45, 7) is 0.0188. The molecule has 7 nitrogen and oxygen atoms in total. The zero-order valence-electron chi connectivity index (χ0n) is 11.2. The molecule has 10 heteroatoms. The maximum atomic E-state index is 13.6. The maximum absolute atomic E-state index is 13.6. The van der Waals surface area contributed by atoms with Crippen molar-refractivity contribution < 1.29 is 9.13 Å². The van der Waals surface area contributed by atoms with Gasteiger partial charge in [-0.25, -0.2) is 14.2 Å². The van der Waals surface area contributed by atoms with Gasteiger partial charge in [-0.3, -0.25) is 0 Å². The van der Waals surface area contributed by atoms with Crippen LogP contribution in [0, 0.1) is 5.82 Å². The van der Waals surface area contributed by atoms with Gasteiger partial charge in [0.25, 0.3) is 5.19 Å². The molecule has 114 valence electrons. The van der Waals surface area contributed by atoms with Gasteiger partial charge in [0, 0.05) is 30.3 Å². The highest BCUT2D eigenvalue weighted by atomic mass is 35.5. The molecule has 0 saturated carbocycles. The topological polar surface area (TPSA) is 74.8 Å². The number of aromatic nitrogens is 5. The average Bonchev–Trinajstić information content (AvgIpc) is 3.09. The van der Waals surface area contributed by atoms with Crippen molar-refractivity contribution in [2.24, 2.45) is 7.05 Å². The van der Waals surface area contributed by atoms with Gasteiger partial charge in [-0.2, -0.15) is 9.36 Å². The van der Waals surface area contributed by atoms with E-state index in [4.69, 9.17) is 16.3 Å². The first-order valence-corrected chi connectivity index (χ1v) is 7.31. The Morgan fingerprint density at radius 1 is 1.41 bits per heavy atom. The predicted molar refractivity (Wildman–Crippen MR) is 78.0 cm³/mol. The van der Waals surface area contributed by atoms with Crippen LogP contribution in [0.5, 0.6) is 5.19 Å². The first kappa shape index (κ1) is 14.7. The summed E-state index contributed by atoms with van der Waals surface area (Å²) >= 11 is 7.39. The quantitative estimate of drug-likeness (QED) is 0.723. The van der Waals surface area contributed by atoms with E-state index in [1.807, 2.05) is 0 Å². The Morgan fingerprint density at radius 3 is 2.86 bits per heavy atom. The molecule has 0 aliphatic carbocycles. The highest BCUT2D eigenvalue weighted by Crippen LogP contribution is 2.26. The Morgan fingerprint density at radius 2 is 2.23 bits per heavy atom. The largest absolute Gasteiger partial charge is 0.465 e. The van der Waals surface area contributed by atoms with Crippen LogP contribution in [0.4, 0.5) is 4.39 Å². The molecular formula is C12H9ClFN5O2S. The van der Waals surface area contributed by atoms with Crippen molar-refractivity contribution in [2.75, 3.05) is 0 Å². The monoisotopic (exact) mass is 341 g/mol. The fraction of sp³-hybridized carbons (Fsp3) is 0.167. The molecule has 0 saturated heterocycles. The van der Waals surface area contributed by atoms with Crippen LogP contribution < -0.4 is 10.4 Å². The van der Waals surface area contributed by atoms with Gasteiger partial charge >= 0.3 is 5.69 Å². The number of tetrazole rings is 1. The number of rotatable bonds is 4. The second kappa shape index (κ2) is 5.85. The smallest absolute Gasteiger partial charge is 0.368 e. The summed E-state index contributed by atoms with van der Waals surface area (Å²) in [5.74, 6) is -0.587. The number of aryl methyl sites for hydroxylation is 1. The molecule has 0 spiro atoms. The zero-order valence-corrected chi connectivity index (χ0v) is 12.8. The van der Waals surface area contributed by atoms with Crippen molar-refractivity contribution >= 4 is 22.9 Å². The molecule has 0 radical (unpaired) electrons. The third-order valence-corrected chi connectivity index (χ3v) is 3.86. The number of ether oxygens (including phenoxy) is 1. The molecule has 1 aromatic carbocycles. The highest BCUT2D eigenvalue weighted by molar-refractivity contribution is 7.11. The second-order valence-corrected chi connectivity index (χ2v) is 5.53. The van der Waals surface area contributed by atoms with Gasteiger partial charge < -0.3 is 4.74 Å². The lowest BCUT2D eigenvalue weighted by molar-refractivity contribution is 0.304. The summed E-state index contributed by atoms with van der Waals surface area (Å²) < 4.78 is 21.1. The fourth-order valence-corrected chi connectivity index (χ4v) is 2.54. The van der Waals surface area contributed by atoms with Crippen molar-refractivity contribution in [1.82, 2.24) is 24.8 Å². The number of thiazole rings is 1. The van der Waals surface area contributed by atoms with Crippen LogP contribution in [-0.2, 0) is 13.7 Å². The Hall–Kier alpha value is -2.26. The second-order valence-electron chi connectivity index (χ2n) is 4.27. The standard InChI is InChI=1S/C12H9ClFN5O2S/c1-18-12(20)19(17-16-18)10-5-7(14)4-9(13)8(10)6-21-11-15-2-3-22-11/h2-5H,6H2,1H3. The van der Waals surface area contributed by atoms with Gasteiger partial charge in [-0.05, 0) is 16.5 Å². The van der Waals surface area contributed by atoms with Gasteiger partial charge in [0.2, 0.25) is 0 Å². The van der Waals surface area contributed by atoms with E-state index in [1.165, 1.54) is 18.4 Å². The average molecular weight is 342 g/mol. The van der Waals surface area contributed by atoms with Crippen LogP contribution >= 0.6 is 22.9 Å². The van der Waals surface area contributed by atoms with Gasteiger partial charge in [0.05, 0.1) is 10.7 Å². The minimum Gasteiger partial charge on any atom is -0.465 e. The van der Waals surface area contributed by atoms with Crippen molar-refractivity contribution in [3.8, 4) is 10.9 Å². The van der Waals surface area contributed by atoms with Crippen LogP contribution in [0.3, 0.4) is 0 Å². The summed E-state index contributed by atoms with van der Waals surface area (Å²) in [5.41, 5.74) is 0.0812. The van der Waals surface area contributed by atoms with Crippen LogP contribution in [0.15, 0.2) is 28.5 Å². The first-order valence-electron chi connectivity index (χ1n) is 6.06. The number of benzene rings is 1. The molecular weight excluding hydrogens is 333 g/mol. The summed E-state index contributed by atoms with van der Waals surface area (Å²) in [4.78, 5) is 15.9. The molecule has 22 heavy (non-hydrogen) atoms. The molecule has 3 rings (SSSR count). The van der Waals surface area contributed by atoms with Gasteiger partial charge in [0.1, 0.15) is 12.4 Å². The SMILES string of the molecule is Cn1nnn(-c2cc(F)cc(Cl)c2COc2nccs2)c1=O. The summed E-state index contributed by atoms with van der Waals surface area (Å²) in [6.07, 6.45) is 1.60. The summed E-state index contributed by atoms with van der Waals surface area (Å²) in [7, 11) is 1.44. The molecule has 0 unspecified atom stereocenters. The molecule has 0 bridgehead atoms. The Bertz CT molecular complexity index is 861. The molecule has 0 amide bonds. The minimum atomic E-state index is -0.587. The number of hydrogen-bond acceptors (Lipinski definition) is 6. The summed E-state index contributed by atoms with van der Waals surface area (Å²) in [5, 5.41) is 9.63. The molecule has 0 N–H and O–H groups in total. The third-order valence-electron chi connectivity index (χ3n) is 2.84. The van der Waals surface area contributed by atoms with E-state index in [9.17, 15) is 9.18 Å². The van der Waals surface area contributed by atoms with Crippen LogP contribution in [-0.4, -0.2) is 24.8 Å². The molecule has 0 atom stereocenters. The predicted octanol–water partition coefficient (Wildman–Crippen LogP) is 1.79. The summed E-state index contributed by atoms with van der Waals surface area (Å²) in [6, 6.07) is 2.30. The van der Waals surface area contributed by atoms with Gasteiger partial charge in [0.15, 0.2) is 0 Å². The van der Waals surface area contributed by atoms with E-state index in [0.29, 0.717) is 10.8 Å². The fourth-order valence-electron chi connectivity index (χ4n) is 1.80. The minimum absolute atomic E-state index is 0.0188. The lowest BCUT2D eigenvalue weighted by Gasteiger charge is -2.10. The van der Waals surface area contributed by atoms with Gasteiger partial charge in [-0.15, -0.1) is 0 Å². The number of nitrogens with zero attached hydrogens (tertiary/aromatic N) is 5. The lowest BCUT2D eigenvalue weighted by atomic mass is 10.2. The first-order chi connectivity index (χ1) is 10.6. The zero-order chi connectivity index (χ0) is 15.7. The normalized spacial score (nSPS) is 10.9. The molecule has 2 heterocycles. The van der Waals surface area contributed by atoms with E-state index in [-0.39, 0.29) is 17.3 Å². The van der Waals surface area contributed by atoms with Crippen molar-refractivity contribution in [3.63, 3.8) is 0 Å². The van der Waals surface area contributed by atoms with Crippen molar-refractivity contribution in [2.45, 2.75) is 6.61 Å². The van der Waals surface area contributed by atoms with E-state index in [0.717, 1.165) is 21.5 Å². The van der Waals surface area contributed by atoms with Crippen LogP contribution in [0.1, 0.15) is 5.56 Å². The number of hydrogen-bond donors (Lipinski definition) is 0. The van der Waals surface area contributed by atoms with E-state index >= 15 is 0 Å². The Labute approximate surface area is 132 Å². The van der Waals surface area contributed by atoms with Crippen molar-refractivity contribution in [3.05, 3.63) is 50.6 Å². The van der Waals surface area contributed by atoms with E-state index < -0.39 is 11.5 Å². The molecule has 3 aromatic rings. The van der Waals surface area contributed by atoms with Crippen LogP contribution in [0.25, 0.3) is 5.69 Å². The molecule has 0 aliphatic rings. The van der Waals surface area contributed by atoms with E-state index in [2.05, 4.69) is 15.4 Å². The molecule has 2 aromatic heterocycles. The highest BCUT2D eigenvalue weighted by Gasteiger charge is 2.17. The van der Waals surface area contributed by atoms with Crippen molar-refractivity contribution in [1.29, 1.82) is 0 Å². The Balaban J connectivity index is 2.04. The lowest BCUT2D eigenvalue weighted by Crippen LogP contribution is -2.23. The Kier molecular flexibility index (Phi) is 3.90. The number of halogens is 2. The van der Waals surface area contributed by atoms with E-state index in [1.54, 1.807) is 11.6 Å². The molecule has 0 fully saturated rings. The third kappa shape index (κ3) is 2.72. The van der Waals surface area contributed by atoms with Gasteiger partial charge in [-0.1, -0.05) is 22.9 Å². The molecule has 0 aliphatic heterocycles.